The third-order valence-corrected chi connectivity index (χ3v) is 1.73. The van der Waals surface area contributed by atoms with Crippen LogP contribution in [0.2, 0.25) is 0 Å². The van der Waals surface area contributed by atoms with E-state index in [1.54, 1.807) is 4.68 Å². The smallest absolute Gasteiger partial charge is 0.151 e. The SMILES string of the molecule is CC/C(C)=N/n1c(C)nnc1C. The van der Waals surface area contributed by atoms with Gasteiger partial charge in [0.05, 0.1) is 0 Å². The molecule has 4 nitrogen and oxygen atoms in total. The fourth-order valence-electron chi connectivity index (χ4n) is 0.850. The Hall–Kier alpha value is -1.19. The Morgan fingerprint density at radius 2 is 1.83 bits per heavy atom. The molecule has 1 rings (SSSR count). The molecule has 0 radical (unpaired) electrons. The van der Waals surface area contributed by atoms with Gasteiger partial charge in [-0.3, -0.25) is 0 Å². The summed E-state index contributed by atoms with van der Waals surface area (Å²) in [5.41, 5.74) is 1.08. The highest BCUT2D eigenvalue weighted by molar-refractivity contribution is 5.81. The molecular weight excluding hydrogens is 152 g/mol. The minimum absolute atomic E-state index is 0.834. The molecule has 0 aromatic carbocycles. The van der Waals surface area contributed by atoms with Gasteiger partial charge >= 0.3 is 0 Å². The van der Waals surface area contributed by atoms with Gasteiger partial charge in [0.15, 0.2) is 11.6 Å². The second kappa shape index (κ2) is 3.47. The average molecular weight is 166 g/mol. The molecule has 1 aromatic heterocycles. The maximum absolute atomic E-state index is 4.34. The summed E-state index contributed by atoms with van der Waals surface area (Å²) in [6.45, 7) is 7.87. The first kappa shape index (κ1) is 8.90. The molecule has 0 fully saturated rings. The molecule has 0 aliphatic carbocycles. The van der Waals surface area contributed by atoms with Crippen molar-refractivity contribution in [2.24, 2.45) is 5.10 Å². The van der Waals surface area contributed by atoms with Gasteiger partial charge in [-0.25, -0.2) is 4.68 Å². The van der Waals surface area contributed by atoms with Crippen molar-refractivity contribution in [1.82, 2.24) is 14.9 Å². The van der Waals surface area contributed by atoms with E-state index in [0.717, 1.165) is 23.8 Å². The number of aryl methyl sites for hydroxylation is 2. The summed E-state index contributed by atoms with van der Waals surface area (Å²) in [5, 5.41) is 12.2. The third-order valence-electron chi connectivity index (χ3n) is 1.73. The minimum Gasteiger partial charge on any atom is -0.202 e. The van der Waals surface area contributed by atoms with Crippen LogP contribution in [0, 0.1) is 13.8 Å². The van der Waals surface area contributed by atoms with Crippen LogP contribution in [0.15, 0.2) is 5.10 Å². The summed E-state index contributed by atoms with van der Waals surface area (Å²) in [6.07, 6.45) is 0.955. The van der Waals surface area contributed by atoms with Crippen molar-refractivity contribution in [2.45, 2.75) is 34.1 Å². The van der Waals surface area contributed by atoms with Gasteiger partial charge in [-0.1, -0.05) is 6.92 Å². The second-order valence-electron chi connectivity index (χ2n) is 2.80. The van der Waals surface area contributed by atoms with Crippen molar-refractivity contribution < 1.29 is 0 Å². The quantitative estimate of drug-likeness (QED) is 0.625. The lowest BCUT2D eigenvalue weighted by Crippen LogP contribution is -1.99. The van der Waals surface area contributed by atoms with E-state index in [4.69, 9.17) is 0 Å². The topological polar surface area (TPSA) is 43.1 Å². The van der Waals surface area contributed by atoms with Gasteiger partial charge in [0.1, 0.15) is 0 Å². The molecule has 1 heterocycles. The predicted octanol–water partition coefficient (Wildman–Crippen LogP) is 1.53. The number of hydrogen-bond acceptors (Lipinski definition) is 3. The van der Waals surface area contributed by atoms with E-state index in [2.05, 4.69) is 22.2 Å². The van der Waals surface area contributed by atoms with E-state index in [0.29, 0.717) is 0 Å². The number of aromatic nitrogens is 3. The summed E-state index contributed by atoms with van der Waals surface area (Å²) in [6, 6.07) is 0. The first-order valence-corrected chi connectivity index (χ1v) is 4.08. The van der Waals surface area contributed by atoms with Crippen molar-refractivity contribution in [2.75, 3.05) is 0 Å². The minimum atomic E-state index is 0.834. The van der Waals surface area contributed by atoms with E-state index in [-0.39, 0.29) is 0 Å². The van der Waals surface area contributed by atoms with Gasteiger partial charge in [0.25, 0.3) is 0 Å². The number of nitrogens with zero attached hydrogens (tertiary/aromatic N) is 4. The van der Waals surface area contributed by atoms with Crippen molar-refractivity contribution >= 4 is 5.71 Å². The zero-order chi connectivity index (χ0) is 9.14. The van der Waals surface area contributed by atoms with Crippen molar-refractivity contribution in [1.29, 1.82) is 0 Å². The molecule has 0 spiro atoms. The summed E-state index contributed by atoms with van der Waals surface area (Å²) in [4.78, 5) is 0. The number of rotatable bonds is 2. The molecule has 0 unspecified atom stereocenters. The first-order chi connectivity index (χ1) is 5.65. The van der Waals surface area contributed by atoms with Crippen molar-refractivity contribution in [3.63, 3.8) is 0 Å². The fraction of sp³-hybridized carbons (Fsp3) is 0.625. The van der Waals surface area contributed by atoms with Gasteiger partial charge in [-0.15, -0.1) is 10.2 Å². The lowest BCUT2D eigenvalue weighted by atomic mass is 10.3. The van der Waals surface area contributed by atoms with E-state index in [1.807, 2.05) is 20.8 Å². The van der Waals surface area contributed by atoms with Gasteiger partial charge in [-0.2, -0.15) is 5.10 Å². The molecule has 0 N–H and O–H groups in total. The van der Waals surface area contributed by atoms with Crippen LogP contribution in [-0.2, 0) is 0 Å². The third kappa shape index (κ3) is 1.69. The first-order valence-electron chi connectivity index (χ1n) is 4.08. The molecule has 0 aliphatic rings. The van der Waals surface area contributed by atoms with Gasteiger partial charge in [0, 0.05) is 5.71 Å². The Balaban J connectivity index is 3.02. The molecule has 0 atom stereocenters. The molecule has 12 heavy (non-hydrogen) atoms. The Morgan fingerprint density at radius 3 is 2.25 bits per heavy atom. The second-order valence-corrected chi connectivity index (χ2v) is 2.80. The van der Waals surface area contributed by atoms with Crippen LogP contribution < -0.4 is 0 Å². The molecule has 0 amide bonds. The highest BCUT2D eigenvalue weighted by Crippen LogP contribution is 1.99. The zero-order valence-corrected chi connectivity index (χ0v) is 8.00. The van der Waals surface area contributed by atoms with Crippen molar-refractivity contribution in [3.05, 3.63) is 11.6 Å². The highest BCUT2D eigenvalue weighted by atomic mass is 15.4. The molecule has 0 bridgehead atoms. The van der Waals surface area contributed by atoms with Crippen LogP contribution in [0.4, 0.5) is 0 Å². The Bertz CT molecular complexity index is 279. The molecule has 0 aliphatic heterocycles. The van der Waals surface area contributed by atoms with E-state index in [1.165, 1.54) is 0 Å². The normalized spacial score (nSPS) is 12.2. The zero-order valence-electron chi connectivity index (χ0n) is 8.00. The molecule has 66 valence electrons. The van der Waals surface area contributed by atoms with Gasteiger partial charge in [-0.05, 0) is 27.2 Å². The lowest BCUT2D eigenvalue weighted by molar-refractivity contribution is 0.788. The fourth-order valence-corrected chi connectivity index (χ4v) is 0.850. The standard InChI is InChI=1S/C8H14N4/c1-5-6(2)11-12-7(3)9-10-8(12)4/h5H2,1-4H3/b11-6+. The molecule has 0 saturated heterocycles. The molecule has 4 heteroatoms. The number of hydrogen-bond donors (Lipinski definition) is 0. The molecule has 0 saturated carbocycles. The van der Waals surface area contributed by atoms with Crippen molar-refractivity contribution in [3.8, 4) is 0 Å². The average Bonchev–Trinajstić information content (AvgIpc) is 2.35. The predicted molar refractivity (Wildman–Crippen MR) is 48.3 cm³/mol. The summed E-state index contributed by atoms with van der Waals surface area (Å²) in [5.74, 6) is 1.67. The summed E-state index contributed by atoms with van der Waals surface area (Å²) >= 11 is 0. The molecule has 1 aromatic rings. The van der Waals surface area contributed by atoms with Gasteiger partial charge in [0.2, 0.25) is 0 Å². The maximum Gasteiger partial charge on any atom is 0.151 e. The van der Waals surface area contributed by atoms with Crippen LogP contribution in [0.3, 0.4) is 0 Å². The lowest BCUT2D eigenvalue weighted by Gasteiger charge is -1.99. The van der Waals surface area contributed by atoms with Crippen LogP contribution in [0.5, 0.6) is 0 Å². The van der Waals surface area contributed by atoms with Crippen LogP contribution in [0.1, 0.15) is 31.9 Å². The van der Waals surface area contributed by atoms with E-state index >= 15 is 0 Å². The van der Waals surface area contributed by atoms with Crippen LogP contribution >= 0.6 is 0 Å². The van der Waals surface area contributed by atoms with Crippen LogP contribution in [-0.4, -0.2) is 20.6 Å². The summed E-state index contributed by atoms with van der Waals surface area (Å²) in [7, 11) is 0. The van der Waals surface area contributed by atoms with E-state index in [9.17, 15) is 0 Å². The van der Waals surface area contributed by atoms with E-state index < -0.39 is 0 Å². The largest absolute Gasteiger partial charge is 0.202 e. The van der Waals surface area contributed by atoms with Gasteiger partial charge < -0.3 is 0 Å². The molecular formula is C8H14N4. The Morgan fingerprint density at radius 1 is 1.33 bits per heavy atom. The highest BCUT2D eigenvalue weighted by Gasteiger charge is 2.01. The summed E-state index contributed by atoms with van der Waals surface area (Å²) < 4.78 is 1.76. The monoisotopic (exact) mass is 166 g/mol. The maximum atomic E-state index is 4.34. The van der Waals surface area contributed by atoms with Crippen LogP contribution in [0.25, 0.3) is 0 Å². The Labute approximate surface area is 72.3 Å². The Kier molecular flexibility index (Phi) is 2.58.